The first kappa shape index (κ1) is 14.5. The van der Waals surface area contributed by atoms with E-state index >= 15 is 0 Å². The Hall–Kier alpha value is -1.91. The zero-order chi connectivity index (χ0) is 14.7. The highest BCUT2D eigenvalue weighted by molar-refractivity contribution is 5.94. The molecule has 0 spiro atoms. The van der Waals surface area contributed by atoms with Gasteiger partial charge in [0.15, 0.2) is 0 Å². The largest absolute Gasteiger partial charge is 0.478 e. The van der Waals surface area contributed by atoms with Crippen molar-refractivity contribution in [1.82, 2.24) is 9.88 Å². The second-order valence-electron chi connectivity index (χ2n) is 5.33. The monoisotopic (exact) mass is 276 g/mol. The minimum absolute atomic E-state index is 0.0983. The summed E-state index contributed by atoms with van der Waals surface area (Å²) in [6.45, 7) is 5.16. The minimum atomic E-state index is -1.02. The Balaban J connectivity index is 2.17. The van der Waals surface area contributed by atoms with Crippen molar-refractivity contribution in [2.24, 2.45) is 5.92 Å². The van der Waals surface area contributed by atoms with Gasteiger partial charge in [0, 0.05) is 13.1 Å². The van der Waals surface area contributed by atoms with Gasteiger partial charge in [-0.05, 0) is 44.2 Å². The number of carbonyl (C=O) groups is 2. The highest BCUT2D eigenvalue weighted by Gasteiger charge is 2.27. The molecule has 1 saturated carbocycles. The van der Waals surface area contributed by atoms with Crippen molar-refractivity contribution in [3.05, 3.63) is 29.1 Å². The molecule has 1 aromatic heterocycles. The molecule has 2 rings (SSSR count). The summed E-state index contributed by atoms with van der Waals surface area (Å²) < 4.78 is 0. The summed E-state index contributed by atoms with van der Waals surface area (Å²) in [7, 11) is 0. The number of rotatable bonds is 6. The van der Waals surface area contributed by atoms with Gasteiger partial charge in [-0.1, -0.05) is 6.92 Å². The molecule has 1 amide bonds. The second kappa shape index (κ2) is 6.03. The van der Waals surface area contributed by atoms with Crippen molar-refractivity contribution < 1.29 is 14.7 Å². The highest BCUT2D eigenvalue weighted by atomic mass is 16.4. The van der Waals surface area contributed by atoms with E-state index in [0.717, 1.165) is 19.5 Å². The average molecular weight is 276 g/mol. The first-order chi connectivity index (χ1) is 9.52. The number of aromatic nitrogens is 1. The van der Waals surface area contributed by atoms with E-state index in [0.29, 0.717) is 17.3 Å². The van der Waals surface area contributed by atoms with E-state index in [1.807, 2.05) is 11.8 Å². The molecular formula is C15H20N2O3. The van der Waals surface area contributed by atoms with Gasteiger partial charge in [0.1, 0.15) is 5.69 Å². The first-order valence-corrected chi connectivity index (χ1v) is 7.03. The third-order valence-electron chi connectivity index (χ3n) is 3.49. The number of carboxylic acid groups (broad SMARTS) is 1. The lowest BCUT2D eigenvalue weighted by Crippen LogP contribution is -2.34. The van der Waals surface area contributed by atoms with Crippen LogP contribution in [0.4, 0.5) is 0 Å². The lowest BCUT2D eigenvalue weighted by molar-refractivity contribution is 0.0691. The number of aromatic carboxylic acids is 1. The van der Waals surface area contributed by atoms with E-state index in [2.05, 4.69) is 4.98 Å². The van der Waals surface area contributed by atoms with E-state index in [9.17, 15) is 9.59 Å². The SMILES string of the molecule is CCCN(CC1CC1)C(=O)c1ccc(C(=O)O)c(C)n1. The predicted octanol–water partition coefficient (Wildman–Crippen LogP) is 2.35. The quantitative estimate of drug-likeness (QED) is 0.865. The van der Waals surface area contributed by atoms with E-state index in [1.165, 1.54) is 25.0 Å². The Morgan fingerprint density at radius 3 is 2.60 bits per heavy atom. The fourth-order valence-electron chi connectivity index (χ4n) is 2.23. The second-order valence-corrected chi connectivity index (χ2v) is 5.33. The van der Waals surface area contributed by atoms with Gasteiger partial charge in [-0.3, -0.25) is 4.79 Å². The molecule has 1 fully saturated rings. The van der Waals surface area contributed by atoms with E-state index < -0.39 is 5.97 Å². The van der Waals surface area contributed by atoms with Gasteiger partial charge >= 0.3 is 5.97 Å². The molecule has 1 aliphatic rings. The van der Waals surface area contributed by atoms with Crippen molar-refractivity contribution in [2.45, 2.75) is 33.1 Å². The van der Waals surface area contributed by atoms with Crippen LogP contribution in [0, 0.1) is 12.8 Å². The van der Waals surface area contributed by atoms with E-state index in [4.69, 9.17) is 5.11 Å². The smallest absolute Gasteiger partial charge is 0.337 e. The van der Waals surface area contributed by atoms with Crippen molar-refractivity contribution in [2.75, 3.05) is 13.1 Å². The Morgan fingerprint density at radius 2 is 2.10 bits per heavy atom. The molecule has 0 unspecified atom stereocenters. The highest BCUT2D eigenvalue weighted by Crippen LogP contribution is 2.30. The molecule has 0 radical (unpaired) electrons. The van der Waals surface area contributed by atoms with Gasteiger partial charge in [-0.25, -0.2) is 9.78 Å². The molecule has 0 atom stereocenters. The van der Waals surface area contributed by atoms with Crippen molar-refractivity contribution >= 4 is 11.9 Å². The number of amides is 1. The number of hydrogen-bond donors (Lipinski definition) is 1. The lowest BCUT2D eigenvalue weighted by atomic mass is 10.1. The summed E-state index contributed by atoms with van der Waals surface area (Å²) in [5.41, 5.74) is 0.860. The van der Waals surface area contributed by atoms with Crippen LogP contribution in [0.5, 0.6) is 0 Å². The molecule has 1 aliphatic carbocycles. The molecule has 20 heavy (non-hydrogen) atoms. The van der Waals surface area contributed by atoms with Gasteiger partial charge in [0.25, 0.3) is 5.91 Å². The molecule has 0 aromatic carbocycles. The average Bonchev–Trinajstić information content (AvgIpc) is 3.21. The molecule has 0 aliphatic heterocycles. The lowest BCUT2D eigenvalue weighted by Gasteiger charge is -2.21. The molecule has 5 nitrogen and oxygen atoms in total. The fraction of sp³-hybridized carbons (Fsp3) is 0.533. The van der Waals surface area contributed by atoms with Crippen LogP contribution in [0.2, 0.25) is 0 Å². The number of hydrogen-bond acceptors (Lipinski definition) is 3. The molecule has 1 heterocycles. The van der Waals surface area contributed by atoms with Crippen LogP contribution >= 0.6 is 0 Å². The topological polar surface area (TPSA) is 70.5 Å². The molecule has 0 saturated heterocycles. The van der Waals surface area contributed by atoms with E-state index in [1.54, 1.807) is 6.92 Å². The van der Waals surface area contributed by atoms with E-state index in [-0.39, 0.29) is 11.5 Å². The van der Waals surface area contributed by atoms with Crippen molar-refractivity contribution in [3.8, 4) is 0 Å². The number of nitrogens with zero attached hydrogens (tertiary/aromatic N) is 2. The Labute approximate surface area is 118 Å². The first-order valence-electron chi connectivity index (χ1n) is 7.03. The molecule has 108 valence electrons. The normalized spacial score (nSPS) is 14.1. The summed E-state index contributed by atoms with van der Waals surface area (Å²) in [4.78, 5) is 29.4. The number of aryl methyl sites for hydroxylation is 1. The van der Waals surface area contributed by atoms with Gasteiger partial charge in [-0.2, -0.15) is 0 Å². The summed E-state index contributed by atoms with van der Waals surface area (Å²) in [6, 6.07) is 2.97. The Morgan fingerprint density at radius 1 is 1.40 bits per heavy atom. The van der Waals surface area contributed by atoms with Gasteiger partial charge in [0.05, 0.1) is 11.3 Å². The fourth-order valence-corrected chi connectivity index (χ4v) is 2.23. The maximum Gasteiger partial charge on any atom is 0.337 e. The third-order valence-corrected chi connectivity index (χ3v) is 3.49. The zero-order valence-corrected chi connectivity index (χ0v) is 11.9. The maximum atomic E-state index is 12.4. The third kappa shape index (κ3) is 3.35. The summed E-state index contributed by atoms with van der Waals surface area (Å²) >= 11 is 0. The van der Waals surface area contributed by atoms with Gasteiger partial charge in [0.2, 0.25) is 0 Å². The molecular weight excluding hydrogens is 256 g/mol. The predicted molar refractivity (Wildman–Crippen MR) is 74.9 cm³/mol. The molecule has 5 heteroatoms. The van der Waals surface area contributed by atoms with Crippen LogP contribution in [0.3, 0.4) is 0 Å². The number of pyridine rings is 1. The van der Waals surface area contributed by atoms with Crippen LogP contribution in [0.25, 0.3) is 0 Å². The zero-order valence-electron chi connectivity index (χ0n) is 11.9. The molecule has 0 bridgehead atoms. The summed E-state index contributed by atoms with van der Waals surface area (Å²) in [5, 5.41) is 8.98. The number of carboxylic acids is 1. The minimum Gasteiger partial charge on any atom is -0.478 e. The summed E-state index contributed by atoms with van der Waals surface area (Å²) in [6.07, 6.45) is 3.29. The van der Waals surface area contributed by atoms with Gasteiger partial charge < -0.3 is 10.0 Å². The standard InChI is InChI=1S/C15H20N2O3/c1-3-8-17(9-11-4-5-11)14(18)13-7-6-12(15(19)20)10(2)16-13/h6-7,11H,3-5,8-9H2,1-2H3,(H,19,20). The van der Waals surface area contributed by atoms with Crippen LogP contribution in [-0.4, -0.2) is 40.0 Å². The van der Waals surface area contributed by atoms with Crippen LogP contribution in [0.1, 0.15) is 52.7 Å². The van der Waals surface area contributed by atoms with Crippen molar-refractivity contribution in [3.63, 3.8) is 0 Å². The summed E-state index contributed by atoms with van der Waals surface area (Å²) in [5.74, 6) is -0.485. The Kier molecular flexibility index (Phi) is 4.37. The maximum absolute atomic E-state index is 12.4. The van der Waals surface area contributed by atoms with Gasteiger partial charge in [-0.15, -0.1) is 0 Å². The van der Waals surface area contributed by atoms with Crippen molar-refractivity contribution in [1.29, 1.82) is 0 Å². The van der Waals surface area contributed by atoms with Crippen LogP contribution in [-0.2, 0) is 0 Å². The Bertz CT molecular complexity index is 524. The number of carbonyl (C=O) groups excluding carboxylic acids is 1. The molecule has 1 aromatic rings. The molecule has 1 N–H and O–H groups in total. The van der Waals surface area contributed by atoms with Crippen LogP contribution in [0.15, 0.2) is 12.1 Å². The van der Waals surface area contributed by atoms with Crippen LogP contribution < -0.4 is 0 Å².